The molecule has 3 atom stereocenters. The van der Waals surface area contributed by atoms with Crippen LogP contribution in [0.25, 0.3) is 10.2 Å². The zero-order valence-corrected chi connectivity index (χ0v) is 22.5. The fourth-order valence-corrected chi connectivity index (χ4v) is 4.44. The molecular weight excluding hydrogens is 446 g/mol. The summed E-state index contributed by atoms with van der Waals surface area (Å²) in [6, 6.07) is 8.47. The number of hydrazine groups is 1. The van der Waals surface area contributed by atoms with E-state index in [2.05, 4.69) is 36.4 Å². The summed E-state index contributed by atoms with van der Waals surface area (Å²) in [5, 5.41) is 12.3. The number of fused-ring (bicyclic) bond motifs is 1. The van der Waals surface area contributed by atoms with Crippen LogP contribution in [0.3, 0.4) is 0 Å². The second-order valence-electron chi connectivity index (χ2n) is 8.84. The van der Waals surface area contributed by atoms with E-state index in [0.717, 1.165) is 16.9 Å². The third kappa shape index (κ3) is 8.11. The Bertz CT molecular complexity index is 907. The van der Waals surface area contributed by atoms with E-state index in [1.165, 1.54) is 15.9 Å². The molecule has 1 fully saturated rings. The van der Waals surface area contributed by atoms with Crippen LogP contribution in [0.5, 0.6) is 0 Å². The van der Waals surface area contributed by atoms with E-state index < -0.39 is 0 Å². The second kappa shape index (κ2) is 14.1. The normalized spacial score (nSPS) is 18.8. The van der Waals surface area contributed by atoms with Crippen molar-refractivity contribution in [1.82, 2.24) is 14.9 Å². The number of aliphatic hydroxyl groups excluding tert-OH is 1. The molecule has 34 heavy (non-hydrogen) atoms. The van der Waals surface area contributed by atoms with Gasteiger partial charge >= 0.3 is 0 Å². The number of ketones is 1. The number of β-amino-alcohol motifs (C(OH)–C–C–N with tert-alkyl or cyclic N) is 1. The van der Waals surface area contributed by atoms with Crippen LogP contribution < -0.4 is 11.6 Å². The number of nitrogens with two attached hydrogens (primary N) is 2. The Kier molecular flexibility index (Phi) is 12.3. The molecule has 5 N–H and O–H groups in total. The number of benzene rings is 1. The third-order valence-corrected chi connectivity index (χ3v) is 6.82. The fraction of sp³-hybridized carbons (Fsp3) is 0.538. The summed E-state index contributed by atoms with van der Waals surface area (Å²) in [5.41, 5.74) is 6.91. The molecule has 1 saturated heterocycles. The number of likely N-dealkylation sites (tertiary alicyclic amines) is 1. The van der Waals surface area contributed by atoms with Crippen LogP contribution in [0.4, 0.5) is 0 Å². The molecule has 8 heteroatoms. The highest BCUT2D eigenvalue weighted by Gasteiger charge is 2.31. The number of hydrogen-bond donors (Lipinski definition) is 3. The van der Waals surface area contributed by atoms with Gasteiger partial charge in [0.25, 0.3) is 0 Å². The zero-order chi connectivity index (χ0) is 26.0. The van der Waals surface area contributed by atoms with Crippen LogP contribution in [-0.4, -0.2) is 44.5 Å². The minimum atomic E-state index is -0.273. The molecule has 1 aliphatic rings. The van der Waals surface area contributed by atoms with Gasteiger partial charge in [0.1, 0.15) is 5.01 Å². The third-order valence-electron chi connectivity index (χ3n) is 5.68. The molecule has 3 unspecified atom stereocenters. The molecule has 2 heterocycles. The predicted molar refractivity (Wildman–Crippen MR) is 144 cm³/mol. The van der Waals surface area contributed by atoms with Gasteiger partial charge in [-0.3, -0.25) is 4.79 Å². The Morgan fingerprint density at radius 3 is 2.41 bits per heavy atom. The summed E-state index contributed by atoms with van der Waals surface area (Å²) in [6.07, 6.45) is 3.79. The summed E-state index contributed by atoms with van der Waals surface area (Å²) in [7, 11) is 0. The summed E-state index contributed by atoms with van der Waals surface area (Å²) in [6.45, 7) is 18.2. The fourth-order valence-electron chi connectivity index (χ4n) is 3.33. The topological polar surface area (TPSA) is 109 Å². The van der Waals surface area contributed by atoms with Crippen molar-refractivity contribution in [2.45, 2.75) is 73.1 Å². The number of nitrogens with zero attached hydrogens (tertiary/aromatic N) is 3. The molecule has 2 aromatic rings. The SMILES string of the molecule is C=CN1CC(O)CC1c1nc2ccccc2s1.CC.CC(C)C(=O)/C(N)=C/N(N)C(C)C(C)C. The first-order valence-corrected chi connectivity index (χ1v) is 12.8. The predicted octanol–water partition coefficient (Wildman–Crippen LogP) is 4.81. The Labute approximate surface area is 209 Å². The maximum Gasteiger partial charge on any atom is 0.182 e. The van der Waals surface area contributed by atoms with Crippen LogP contribution >= 0.6 is 11.3 Å². The Balaban J connectivity index is 0.000000321. The van der Waals surface area contributed by atoms with Crippen molar-refractivity contribution >= 4 is 27.3 Å². The number of rotatable bonds is 7. The summed E-state index contributed by atoms with van der Waals surface area (Å²) in [4.78, 5) is 18.2. The lowest BCUT2D eigenvalue weighted by Gasteiger charge is -2.26. The van der Waals surface area contributed by atoms with Crippen LogP contribution in [-0.2, 0) is 4.79 Å². The molecule has 1 aromatic heterocycles. The first-order chi connectivity index (χ1) is 16.0. The molecule has 3 rings (SSSR count). The molecule has 0 radical (unpaired) electrons. The Morgan fingerprint density at radius 2 is 1.88 bits per heavy atom. The average Bonchev–Trinajstić information content (AvgIpc) is 3.42. The quantitative estimate of drug-likeness (QED) is 0.291. The van der Waals surface area contributed by atoms with Crippen LogP contribution in [0.2, 0.25) is 0 Å². The molecule has 0 aliphatic carbocycles. The van der Waals surface area contributed by atoms with Gasteiger partial charge in [-0.15, -0.1) is 11.3 Å². The highest BCUT2D eigenvalue weighted by molar-refractivity contribution is 7.18. The average molecular weight is 490 g/mol. The largest absolute Gasteiger partial charge is 0.395 e. The van der Waals surface area contributed by atoms with Crippen molar-refractivity contribution < 1.29 is 9.90 Å². The van der Waals surface area contributed by atoms with Gasteiger partial charge in [0.15, 0.2) is 5.78 Å². The van der Waals surface area contributed by atoms with Gasteiger partial charge in [0, 0.05) is 31.1 Å². The van der Waals surface area contributed by atoms with Crippen molar-refractivity contribution in [2.75, 3.05) is 6.54 Å². The number of aromatic nitrogens is 1. The summed E-state index contributed by atoms with van der Waals surface area (Å²) in [5.74, 6) is 6.03. The second-order valence-corrected chi connectivity index (χ2v) is 9.90. The van der Waals surface area contributed by atoms with Gasteiger partial charge in [-0.05, 0) is 31.2 Å². The molecule has 190 valence electrons. The lowest BCUT2D eigenvalue weighted by atomic mass is 10.1. The number of allylic oxidation sites excluding steroid dienone is 1. The number of Topliss-reactive ketones (excluding diaryl/α,β-unsaturated/α-hetero) is 1. The minimum absolute atomic E-state index is 0.0681. The minimum Gasteiger partial charge on any atom is -0.395 e. The van der Waals surface area contributed by atoms with E-state index in [-0.39, 0.29) is 35.6 Å². The number of carbonyl (C=O) groups is 1. The van der Waals surface area contributed by atoms with Crippen LogP contribution in [0.1, 0.15) is 65.9 Å². The molecule has 0 amide bonds. The van der Waals surface area contributed by atoms with Gasteiger partial charge in [0.05, 0.1) is 28.1 Å². The lowest BCUT2D eigenvalue weighted by molar-refractivity contribution is -0.118. The highest BCUT2D eigenvalue weighted by atomic mass is 32.1. The van der Waals surface area contributed by atoms with E-state index in [0.29, 0.717) is 12.5 Å². The van der Waals surface area contributed by atoms with E-state index in [1.807, 2.05) is 52.8 Å². The molecule has 0 spiro atoms. The number of carbonyl (C=O) groups excluding carboxylic acids is 1. The molecule has 7 nitrogen and oxygen atoms in total. The summed E-state index contributed by atoms with van der Waals surface area (Å²) >= 11 is 1.70. The Morgan fingerprint density at radius 1 is 1.26 bits per heavy atom. The number of hydrogen-bond acceptors (Lipinski definition) is 8. The molecule has 0 bridgehead atoms. The van der Waals surface area contributed by atoms with E-state index in [4.69, 9.17) is 11.6 Å². The Hall–Kier alpha value is -2.42. The standard InChI is InChI=1S/C13H14N2OS.C11H23N3O.C2H6/c1-2-15-8-9(16)7-11(15)13-14-10-5-3-4-6-12(10)17-13;1-7(2)9(5)14(13)6-10(12)11(15)8(3)4;1-2/h2-6,9,11,16H,1,7-8H2;6-9H,12-13H2,1-5H3;1-2H3/b;10-6-;. The number of para-hydroxylation sites is 1. The monoisotopic (exact) mass is 489 g/mol. The van der Waals surface area contributed by atoms with Gasteiger partial charge in [-0.2, -0.15) is 0 Å². The van der Waals surface area contributed by atoms with Crippen molar-refractivity contribution in [3.63, 3.8) is 0 Å². The van der Waals surface area contributed by atoms with Crippen LogP contribution in [0, 0.1) is 11.8 Å². The first-order valence-electron chi connectivity index (χ1n) is 12.0. The molecule has 0 saturated carbocycles. The van der Waals surface area contributed by atoms with E-state index in [9.17, 15) is 9.90 Å². The smallest absolute Gasteiger partial charge is 0.182 e. The van der Waals surface area contributed by atoms with Crippen molar-refractivity contribution in [3.8, 4) is 0 Å². The molecule has 1 aromatic carbocycles. The maximum atomic E-state index is 11.5. The highest BCUT2D eigenvalue weighted by Crippen LogP contribution is 2.36. The van der Waals surface area contributed by atoms with Gasteiger partial charge in [-0.25, -0.2) is 10.8 Å². The lowest BCUT2D eigenvalue weighted by Crippen LogP contribution is -2.39. The number of thiazole rings is 1. The van der Waals surface area contributed by atoms with Crippen molar-refractivity contribution in [3.05, 3.63) is 53.9 Å². The number of aliphatic hydroxyl groups is 1. The molecular formula is C26H43N5O2S. The van der Waals surface area contributed by atoms with Gasteiger partial charge in [0.2, 0.25) is 0 Å². The van der Waals surface area contributed by atoms with E-state index in [1.54, 1.807) is 17.5 Å². The maximum absolute atomic E-state index is 11.5. The molecule has 1 aliphatic heterocycles. The summed E-state index contributed by atoms with van der Waals surface area (Å²) < 4.78 is 1.20. The van der Waals surface area contributed by atoms with Crippen molar-refractivity contribution in [2.24, 2.45) is 23.4 Å². The first kappa shape index (κ1) is 29.6. The van der Waals surface area contributed by atoms with Gasteiger partial charge < -0.3 is 20.7 Å². The van der Waals surface area contributed by atoms with E-state index >= 15 is 0 Å². The zero-order valence-electron chi connectivity index (χ0n) is 21.7. The van der Waals surface area contributed by atoms with Gasteiger partial charge in [-0.1, -0.05) is 60.3 Å². The van der Waals surface area contributed by atoms with Crippen molar-refractivity contribution in [1.29, 1.82) is 0 Å². The van der Waals surface area contributed by atoms with Crippen LogP contribution in [0.15, 0.2) is 48.9 Å².